The number of hydrogen-bond acceptors (Lipinski definition) is 5. The summed E-state index contributed by atoms with van der Waals surface area (Å²) in [6.07, 6.45) is 4.34. The summed E-state index contributed by atoms with van der Waals surface area (Å²) in [4.78, 5) is 25.0. The first-order valence-electron chi connectivity index (χ1n) is 7.45. The van der Waals surface area contributed by atoms with Gasteiger partial charge in [-0.3, -0.25) is 4.79 Å². The van der Waals surface area contributed by atoms with Crippen LogP contribution in [0.3, 0.4) is 0 Å². The van der Waals surface area contributed by atoms with E-state index in [1.807, 2.05) is 11.0 Å². The number of rotatable bonds is 3. The van der Waals surface area contributed by atoms with Crippen LogP contribution in [0.5, 0.6) is 0 Å². The molecule has 0 fully saturated rings. The first kappa shape index (κ1) is 15.1. The molecule has 1 N–H and O–H groups in total. The van der Waals surface area contributed by atoms with Crippen LogP contribution in [0.2, 0.25) is 5.02 Å². The van der Waals surface area contributed by atoms with Gasteiger partial charge in [0.1, 0.15) is 0 Å². The number of carbonyl (C=O) groups is 1. The Kier molecular flexibility index (Phi) is 3.92. The van der Waals surface area contributed by atoms with Crippen molar-refractivity contribution < 1.29 is 4.79 Å². The Morgan fingerprint density at radius 3 is 2.71 bits per heavy atom. The van der Waals surface area contributed by atoms with Gasteiger partial charge in [0, 0.05) is 40.9 Å². The summed E-state index contributed by atoms with van der Waals surface area (Å²) in [6.45, 7) is 0.838. The molecule has 3 aromatic rings. The molecule has 1 aliphatic heterocycles. The predicted molar refractivity (Wildman–Crippen MR) is 96.5 cm³/mol. The average Bonchev–Trinajstić information content (AvgIpc) is 3.18. The lowest BCUT2D eigenvalue weighted by molar-refractivity contribution is 0.103. The second-order valence-corrected chi connectivity index (χ2v) is 6.90. The fraction of sp³-hybridized carbons (Fsp3) is 0.118. The highest BCUT2D eigenvalue weighted by molar-refractivity contribution is 7.14. The number of carbonyl (C=O) groups excluding carboxylic acids is 1. The molecule has 5 nitrogen and oxygen atoms in total. The van der Waals surface area contributed by atoms with E-state index >= 15 is 0 Å². The summed E-state index contributed by atoms with van der Waals surface area (Å²) >= 11 is 7.38. The highest BCUT2D eigenvalue weighted by Crippen LogP contribution is 2.39. The highest BCUT2D eigenvalue weighted by atomic mass is 35.5. The molecular formula is C17H13ClN4OS. The van der Waals surface area contributed by atoms with Gasteiger partial charge in [-0.2, -0.15) is 0 Å². The zero-order valence-corrected chi connectivity index (χ0v) is 14.1. The molecule has 0 unspecified atom stereocenters. The molecule has 3 heterocycles. The number of halogens is 1. The molecule has 2 aromatic heterocycles. The second kappa shape index (κ2) is 6.22. The molecule has 0 bridgehead atoms. The SMILES string of the molecule is O=C(Nc1ccc(Cl)cc1)c1cc2c(s1)CCN2c1ncccn1. The van der Waals surface area contributed by atoms with Gasteiger partial charge in [0.2, 0.25) is 5.95 Å². The molecule has 0 saturated carbocycles. The summed E-state index contributed by atoms with van der Waals surface area (Å²) in [6, 6.07) is 10.8. The number of amides is 1. The van der Waals surface area contributed by atoms with Crippen LogP contribution in [0.25, 0.3) is 0 Å². The van der Waals surface area contributed by atoms with Crippen LogP contribution in [0.1, 0.15) is 14.5 Å². The van der Waals surface area contributed by atoms with Crippen LogP contribution in [0.15, 0.2) is 48.8 Å². The van der Waals surface area contributed by atoms with Crippen LogP contribution in [0.4, 0.5) is 17.3 Å². The zero-order chi connectivity index (χ0) is 16.5. The van der Waals surface area contributed by atoms with Gasteiger partial charge >= 0.3 is 0 Å². The Labute approximate surface area is 147 Å². The number of thiophene rings is 1. The number of nitrogens with one attached hydrogen (secondary N) is 1. The van der Waals surface area contributed by atoms with Crippen molar-refractivity contribution >= 4 is 46.2 Å². The largest absolute Gasteiger partial charge is 0.321 e. The van der Waals surface area contributed by atoms with Crippen molar-refractivity contribution in [2.24, 2.45) is 0 Å². The topological polar surface area (TPSA) is 58.1 Å². The van der Waals surface area contributed by atoms with Gasteiger partial charge < -0.3 is 10.2 Å². The third kappa shape index (κ3) is 2.86. The maximum Gasteiger partial charge on any atom is 0.265 e. The smallest absolute Gasteiger partial charge is 0.265 e. The number of benzene rings is 1. The second-order valence-electron chi connectivity index (χ2n) is 5.33. The van der Waals surface area contributed by atoms with Gasteiger partial charge in [-0.15, -0.1) is 11.3 Å². The molecule has 4 rings (SSSR count). The van der Waals surface area contributed by atoms with Crippen LogP contribution in [0, 0.1) is 0 Å². The first-order chi connectivity index (χ1) is 11.7. The average molecular weight is 357 g/mol. The summed E-state index contributed by atoms with van der Waals surface area (Å²) in [5.41, 5.74) is 1.74. The third-order valence-electron chi connectivity index (χ3n) is 3.76. The minimum Gasteiger partial charge on any atom is -0.321 e. The number of anilines is 3. The van der Waals surface area contributed by atoms with Crippen molar-refractivity contribution in [1.82, 2.24) is 9.97 Å². The van der Waals surface area contributed by atoms with Gasteiger partial charge in [-0.05, 0) is 36.4 Å². The Bertz CT molecular complexity index is 879. The van der Waals surface area contributed by atoms with E-state index in [1.165, 1.54) is 16.2 Å². The summed E-state index contributed by atoms with van der Waals surface area (Å²) in [5, 5.41) is 3.53. The van der Waals surface area contributed by atoms with E-state index in [2.05, 4.69) is 15.3 Å². The fourth-order valence-electron chi connectivity index (χ4n) is 2.64. The van der Waals surface area contributed by atoms with E-state index in [-0.39, 0.29) is 5.91 Å². The lowest BCUT2D eigenvalue weighted by Gasteiger charge is -2.15. The molecule has 0 atom stereocenters. The van der Waals surface area contributed by atoms with Gasteiger partial charge in [0.25, 0.3) is 5.91 Å². The normalized spacial score (nSPS) is 13.0. The number of aromatic nitrogens is 2. The fourth-order valence-corrected chi connectivity index (χ4v) is 3.81. The van der Waals surface area contributed by atoms with E-state index in [4.69, 9.17) is 11.6 Å². The molecule has 0 radical (unpaired) electrons. The van der Waals surface area contributed by atoms with Gasteiger partial charge in [-0.25, -0.2) is 9.97 Å². The Hall–Kier alpha value is -2.44. The van der Waals surface area contributed by atoms with E-state index in [0.29, 0.717) is 15.8 Å². The first-order valence-corrected chi connectivity index (χ1v) is 8.64. The zero-order valence-electron chi connectivity index (χ0n) is 12.6. The Morgan fingerprint density at radius 1 is 1.21 bits per heavy atom. The van der Waals surface area contributed by atoms with Crippen LogP contribution in [-0.4, -0.2) is 22.4 Å². The van der Waals surface area contributed by atoms with Crippen molar-refractivity contribution in [3.8, 4) is 0 Å². The molecular weight excluding hydrogens is 344 g/mol. The third-order valence-corrected chi connectivity index (χ3v) is 5.19. The molecule has 0 saturated heterocycles. The lowest BCUT2D eigenvalue weighted by atomic mass is 10.3. The van der Waals surface area contributed by atoms with Gasteiger partial charge in [-0.1, -0.05) is 11.6 Å². The summed E-state index contributed by atoms with van der Waals surface area (Å²) in [5.74, 6) is 0.546. The van der Waals surface area contributed by atoms with Crippen molar-refractivity contribution in [1.29, 1.82) is 0 Å². The van der Waals surface area contributed by atoms with E-state index in [1.54, 1.807) is 42.7 Å². The minimum absolute atomic E-state index is 0.120. The molecule has 7 heteroatoms. The lowest BCUT2D eigenvalue weighted by Crippen LogP contribution is -2.16. The Morgan fingerprint density at radius 2 is 1.96 bits per heavy atom. The van der Waals surface area contributed by atoms with Crippen LogP contribution >= 0.6 is 22.9 Å². The number of nitrogens with zero attached hydrogens (tertiary/aromatic N) is 3. The number of hydrogen-bond donors (Lipinski definition) is 1. The summed E-state index contributed by atoms with van der Waals surface area (Å²) < 4.78 is 0. The number of fused-ring (bicyclic) bond motifs is 1. The van der Waals surface area contributed by atoms with Crippen molar-refractivity contribution in [2.75, 3.05) is 16.8 Å². The molecule has 120 valence electrons. The predicted octanol–water partition coefficient (Wildman–Crippen LogP) is 4.14. The van der Waals surface area contributed by atoms with Crippen molar-refractivity contribution in [3.63, 3.8) is 0 Å². The molecule has 0 spiro atoms. The van der Waals surface area contributed by atoms with E-state index < -0.39 is 0 Å². The molecule has 1 aliphatic rings. The molecule has 24 heavy (non-hydrogen) atoms. The van der Waals surface area contributed by atoms with Crippen LogP contribution in [-0.2, 0) is 6.42 Å². The van der Waals surface area contributed by atoms with Crippen molar-refractivity contribution in [3.05, 3.63) is 63.6 Å². The van der Waals surface area contributed by atoms with E-state index in [9.17, 15) is 4.79 Å². The standard InChI is InChI=1S/C17H13ClN4OS/c18-11-2-4-12(5-3-11)21-16(23)15-10-13-14(24-15)6-9-22(13)17-19-7-1-8-20-17/h1-5,7-8,10H,6,9H2,(H,21,23). The van der Waals surface area contributed by atoms with Gasteiger partial charge in [0.05, 0.1) is 10.6 Å². The maximum absolute atomic E-state index is 12.5. The molecule has 1 amide bonds. The van der Waals surface area contributed by atoms with Crippen LogP contribution < -0.4 is 10.2 Å². The minimum atomic E-state index is -0.120. The highest BCUT2D eigenvalue weighted by Gasteiger charge is 2.26. The molecule has 0 aliphatic carbocycles. The Balaban J connectivity index is 1.56. The van der Waals surface area contributed by atoms with E-state index in [0.717, 1.165) is 24.3 Å². The quantitative estimate of drug-likeness (QED) is 0.766. The van der Waals surface area contributed by atoms with Gasteiger partial charge in [0.15, 0.2) is 0 Å². The maximum atomic E-state index is 12.5. The van der Waals surface area contributed by atoms with Crippen molar-refractivity contribution in [2.45, 2.75) is 6.42 Å². The molecule has 1 aromatic carbocycles. The summed E-state index contributed by atoms with van der Waals surface area (Å²) in [7, 11) is 0. The monoisotopic (exact) mass is 356 g/mol.